The molecule has 4 nitrogen and oxygen atoms in total. The van der Waals surface area contributed by atoms with Crippen LogP contribution in [0.5, 0.6) is 11.5 Å². The third-order valence-corrected chi connectivity index (χ3v) is 2.59. The first-order chi connectivity index (χ1) is 9.11. The van der Waals surface area contributed by atoms with E-state index < -0.39 is 5.97 Å². The second kappa shape index (κ2) is 5.23. The summed E-state index contributed by atoms with van der Waals surface area (Å²) < 4.78 is 5.57. The normalized spacial score (nSPS) is 9.68. The second-order valence-electron chi connectivity index (χ2n) is 4.01. The summed E-state index contributed by atoms with van der Waals surface area (Å²) >= 11 is 0. The fourth-order valence-corrected chi connectivity index (χ4v) is 1.66. The number of hydrogen-bond donors (Lipinski definition) is 1. The second-order valence-corrected chi connectivity index (χ2v) is 4.01. The average Bonchev–Trinajstić information content (AvgIpc) is 2.39. The van der Waals surface area contributed by atoms with Crippen LogP contribution in [0.1, 0.15) is 21.5 Å². The van der Waals surface area contributed by atoms with Gasteiger partial charge < -0.3 is 9.84 Å². The van der Waals surface area contributed by atoms with E-state index in [1.165, 1.54) is 6.07 Å². The maximum atomic E-state index is 11.1. The van der Waals surface area contributed by atoms with Gasteiger partial charge in [-0.1, -0.05) is 18.2 Å². The van der Waals surface area contributed by atoms with E-state index in [9.17, 15) is 4.79 Å². The van der Waals surface area contributed by atoms with Crippen molar-refractivity contribution >= 4 is 5.97 Å². The van der Waals surface area contributed by atoms with Crippen molar-refractivity contribution in [1.82, 2.24) is 0 Å². The van der Waals surface area contributed by atoms with Gasteiger partial charge in [0.2, 0.25) is 0 Å². The Morgan fingerprint density at radius 2 is 1.95 bits per heavy atom. The van der Waals surface area contributed by atoms with Crippen LogP contribution in [0.4, 0.5) is 0 Å². The lowest BCUT2D eigenvalue weighted by atomic mass is 10.1. The Hall–Kier alpha value is -2.80. The number of hydrogen-bond acceptors (Lipinski definition) is 3. The lowest BCUT2D eigenvalue weighted by Crippen LogP contribution is -2.01. The van der Waals surface area contributed by atoms with Crippen LogP contribution >= 0.6 is 0 Å². The van der Waals surface area contributed by atoms with Gasteiger partial charge in [-0.25, -0.2) is 4.79 Å². The molecule has 0 saturated heterocycles. The molecule has 0 bridgehead atoms. The Kier molecular flexibility index (Phi) is 3.48. The van der Waals surface area contributed by atoms with Crippen molar-refractivity contribution in [2.45, 2.75) is 6.92 Å². The molecule has 0 aliphatic carbocycles. The molecule has 0 spiro atoms. The number of aromatic carboxylic acids is 1. The number of rotatable bonds is 3. The highest BCUT2D eigenvalue weighted by molar-refractivity contribution is 5.91. The number of ether oxygens (including phenoxy) is 1. The van der Waals surface area contributed by atoms with Crippen LogP contribution in [0.25, 0.3) is 0 Å². The number of carboxylic acids is 1. The lowest BCUT2D eigenvalue weighted by molar-refractivity contribution is 0.0694. The Bertz CT molecular complexity index is 671. The zero-order chi connectivity index (χ0) is 13.8. The van der Waals surface area contributed by atoms with Crippen molar-refractivity contribution in [2.24, 2.45) is 0 Å². The largest absolute Gasteiger partial charge is 0.478 e. The molecule has 2 rings (SSSR count). The number of para-hydroxylation sites is 1. The zero-order valence-corrected chi connectivity index (χ0v) is 10.3. The van der Waals surface area contributed by atoms with Crippen molar-refractivity contribution in [2.75, 3.05) is 0 Å². The molecule has 4 heteroatoms. The molecule has 94 valence electrons. The fraction of sp³-hybridized carbons (Fsp3) is 0.0667. The van der Waals surface area contributed by atoms with Gasteiger partial charge in [-0.3, -0.25) is 0 Å². The third kappa shape index (κ3) is 2.72. The van der Waals surface area contributed by atoms with Crippen LogP contribution in [0, 0.1) is 18.3 Å². The maximum absolute atomic E-state index is 11.1. The number of nitriles is 1. The zero-order valence-electron chi connectivity index (χ0n) is 10.3. The number of carbonyl (C=O) groups is 1. The maximum Gasteiger partial charge on any atom is 0.339 e. The number of carboxylic acid groups (broad SMARTS) is 1. The van der Waals surface area contributed by atoms with Crippen molar-refractivity contribution in [3.8, 4) is 17.6 Å². The smallest absolute Gasteiger partial charge is 0.339 e. The first-order valence-corrected chi connectivity index (χ1v) is 5.62. The first-order valence-electron chi connectivity index (χ1n) is 5.62. The predicted octanol–water partition coefficient (Wildman–Crippen LogP) is 3.36. The molecule has 2 aromatic rings. The van der Waals surface area contributed by atoms with Gasteiger partial charge in [-0.05, 0) is 36.8 Å². The molecule has 0 amide bonds. The van der Waals surface area contributed by atoms with Gasteiger partial charge in [-0.2, -0.15) is 5.26 Å². The van der Waals surface area contributed by atoms with E-state index in [1.54, 1.807) is 36.4 Å². The average molecular weight is 253 g/mol. The van der Waals surface area contributed by atoms with Gasteiger partial charge in [0, 0.05) is 0 Å². The highest BCUT2D eigenvalue weighted by atomic mass is 16.5. The van der Waals surface area contributed by atoms with Crippen molar-refractivity contribution in [1.29, 1.82) is 5.26 Å². The molecule has 0 aliphatic rings. The van der Waals surface area contributed by atoms with E-state index in [2.05, 4.69) is 0 Å². The summed E-state index contributed by atoms with van der Waals surface area (Å²) in [5.41, 5.74) is 1.31. The number of aryl methyl sites for hydroxylation is 1. The van der Waals surface area contributed by atoms with Crippen LogP contribution in [0.2, 0.25) is 0 Å². The van der Waals surface area contributed by atoms with Gasteiger partial charge in [0.15, 0.2) is 0 Å². The van der Waals surface area contributed by atoms with E-state index in [0.717, 1.165) is 5.56 Å². The van der Waals surface area contributed by atoms with E-state index >= 15 is 0 Å². The summed E-state index contributed by atoms with van der Waals surface area (Å²) in [5, 5.41) is 18.1. The van der Waals surface area contributed by atoms with Crippen LogP contribution in [-0.2, 0) is 0 Å². The molecule has 0 saturated carbocycles. The summed E-state index contributed by atoms with van der Waals surface area (Å²) in [5.74, 6) is -0.488. The van der Waals surface area contributed by atoms with Gasteiger partial charge in [0.1, 0.15) is 23.1 Å². The highest BCUT2D eigenvalue weighted by Gasteiger charge is 2.13. The standard InChI is InChI=1S/C15H11NO3/c1-10-6-7-12(15(17)18)14(8-10)19-13-5-3-2-4-11(13)9-16/h2-8H,1H3,(H,17,18). The number of nitrogens with zero attached hydrogens (tertiary/aromatic N) is 1. The molecule has 0 radical (unpaired) electrons. The molecule has 1 N–H and O–H groups in total. The van der Waals surface area contributed by atoms with E-state index in [-0.39, 0.29) is 11.3 Å². The van der Waals surface area contributed by atoms with Crippen LogP contribution < -0.4 is 4.74 Å². The van der Waals surface area contributed by atoms with Gasteiger partial charge in [-0.15, -0.1) is 0 Å². The van der Waals surface area contributed by atoms with E-state index in [1.807, 2.05) is 13.0 Å². The third-order valence-electron chi connectivity index (χ3n) is 2.59. The summed E-state index contributed by atoms with van der Waals surface area (Å²) in [6, 6.07) is 13.5. The SMILES string of the molecule is Cc1ccc(C(=O)O)c(Oc2ccccc2C#N)c1. The topological polar surface area (TPSA) is 70.3 Å². The fourth-order valence-electron chi connectivity index (χ4n) is 1.66. The van der Waals surface area contributed by atoms with Crippen molar-refractivity contribution < 1.29 is 14.6 Å². The minimum absolute atomic E-state index is 0.0679. The van der Waals surface area contributed by atoms with Crippen LogP contribution in [-0.4, -0.2) is 11.1 Å². The minimum Gasteiger partial charge on any atom is -0.478 e. The molecule has 0 heterocycles. The molecular weight excluding hydrogens is 242 g/mol. The van der Waals surface area contributed by atoms with Gasteiger partial charge in [0.05, 0.1) is 5.56 Å². The van der Waals surface area contributed by atoms with Gasteiger partial charge in [0.25, 0.3) is 0 Å². The van der Waals surface area contributed by atoms with Crippen LogP contribution in [0.15, 0.2) is 42.5 Å². The molecule has 0 aliphatic heterocycles. The van der Waals surface area contributed by atoms with Crippen LogP contribution in [0.3, 0.4) is 0 Å². The molecule has 0 unspecified atom stereocenters. The molecule has 0 atom stereocenters. The first kappa shape index (κ1) is 12.7. The summed E-state index contributed by atoms with van der Waals surface area (Å²) in [6.45, 7) is 1.84. The van der Waals surface area contributed by atoms with Crippen molar-refractivity contribution in [3.63, 3.8) is 0 Å². The van der Waals surface area contributed by atoms with E-state index in [4.69, 9.17) is 15.1 Å². The Labute approximate surface area is 110 Å². The summed E-state index contributed by atoms with van der Waals surface area (Å²) in [7, 11) is 0. The highest BCUT2D eigenvalue weighted by Crippen LogP contribution is 2.28. The number of benzene rings is 2. The minimum atomic E-state index is -1.07. The monoisotopic (exact) mass is 253 g/mol. The molecule has 0 fully saturated rings. The molecule has 19 heavy (non-hydrogen) atoms. The lowest BCUT2D eigenvalue weighted by Gasteiger charge is -2.10. The Morgan fingerprint density at radius 3 is 2.63 bits per heavy atom. The molecular formula is C15H11NO3. The predicted molar refractivity (Wildman–Crippen MR) is 69.4 cm³/mol. The van der Waals surface area contributed by atoms with Crippen molar-refractivity contribution in [3.05, 3.63) is 59.2 Å². The molecule has 2 aromatic carbocycles. The van der Waals surface area contributed by atoms with E-state index in [0.29, 0.717) is 11.3 Å². The Morgan fingerprint density at radius 1 is 1.21 bits per heavy atom. The Balaban J connectivity index is 2.46. The summed E-state index contributed by atoms with van der Waals surface area (Å²) in [6.07, 6.45) is 0. The quantitative estimate of drug-likeness (QED) is 0.910. The molecule has 0 aromatic heterocycles. The van der Waals surface area contributed by atoms with Gasteiger partial charge >= 0.3 is 5.97 Å². The summed E-state index contributed by atoms with van der Waals surface area (Å²) in [4.78, 5) is 11.1.